The van der Waals surface area contributed by atoms with Crippen molar-refractivity contribution in [1.29, 1.82) is 0 Å². The van der Waals surface area contributed by atoms with Gasteiger partial charge in [-0.2, -0.15) is 0 Å². The van der Waals surface area contributed by atoms with E-state index in [9.17, 15) is 19.5 Å². The van der Waals surface area contributed by atoms with E-state index in [0.717, 1.165) is 32.1 Å². The number of aliphatic carboxylic acids is 1. The van der Waals surface area contributed by atoms with Gasteiger partial charge in [0.05, 0.1) is 13.2 Å². The van der Waals surface area contributed by atoms with Gasteiger partial charge in [-0.05, 0) is 32.1 Å². The molecule has 260 valence electrons. The number of unbranched alkanes of at least 4 members (excludes halogenated alkanes) is 23. The lowest BCUT2D eigenvalue weighted by atomic mass is 10.1. The highest BCUT2D eigenvalue weighted by Gasteiger charge is 2.20. The number of hydrogen-bond acceptors (Lipinski definition) is 5. The topological polar surface area (TPSA) is 114 Å². The number of carbonyl (C=O) groups is 3. The second kappa shape index (κ2) is 33.9. The molecule has 0 aliphatic carbocycles. The fraction of sp³-hybridized carbons (Fsp3) is 0.917. The van der Waals surface area contributed by atoms with Gasteiger partial charge < -0.3 is 25.2 Å². The number of carboxylic acids is 1. The van der Waals surface area contributed by atoms with Crippen LogP contribution in [0.15, 0.2) is 0 Å². The molecule has 1 atom stereocenters. The predicted octanol–water partition coefficient (Wildman–Crippen LogP) is 10.5. The summed E-state index contributed by atoms with van der Waals surface area (Å²) in [5, 5.41) is 14.6. The molecule has 0 fully saturated rings. The minimum atomic E-state index is -1.08. The molecule has 8 nitrogen and oxygen atoms in total. The van der Waals surface area contributed by atoms with Crippen LogP contribution < -0.4 is 10.6 Å². The second-order valence-electron chi connectivity index (χ2n) is 12.5. The van der Waals surface area contributed by atoms with Gasteiger partial charge in [-0.15, -0.1) is 0 Å². The molecule has 0 bridgehead atoms. The van der Waals surface area contributed by atoms with E-state index in [0.29, 0.717) is 32.6 Å². The molecule has 0 spiro atoms. The molecule has 0 aliphatic rings. The number of carbonyl (C=O) groups excluding carboxylic acids is 2. The Morgan fingerprint density at radius 3 is 1.25 bits per heavy atom. The number of hydrogen-bond donors (Lipinski definition) is 3. The van der Waals surface area contributed by atoms with Gasteiger partial charge in [-0.1, -0.05) is 155 Å². The number of ether oxygens (including phenoxy) is 2. The van der Waals surface area contributed by atoms with Crippen molar-refractivity contribution in [3.8, 4) is 0 Å². The van der Waals surface area contributed by atoms with Crippen molar-refractivity contribution in [2.24, 2.45) is 0 Å². The van der Waals surface area contributed by atoms with Crippen LogP contribution in [0.3, 0.4) is 0 Å². The van der Waals surface area contributed by atoms with Crippen molar-refractivity contribution in [3.63, 3.8) is 0 Å². The molecule has 0 radical (unpaired) electrons. The van der Waals surface area contributed by atoms with Gasteiger partial charge >= 0.3 is 18.2 Å². The first-order chi connectivity index (χ1) is 21.5. The first-order valence-corrected chi connectivity index (χ1v) is 18.6. The van der Waals surface area contributed by atoms with Crippen LogP contribution in [-0.4, -0.2) is 49.1 Å². The van der Waals surface area contributed by atoms with Gasteiger partial charge in [0.15, 0.2) is 0 Å². The van der Waals surface area contributed by atoms with Gasteiger partial charge in [-0.25, -0.2) is 14.4 Å². The first-order valence-electron chi connectivity index (χ1n) is 18.6. The van der Waals surface area contributed by atoms with E-state index in [1.54, 1.807) is 0 Å². The maximum absolute atomic E-state index is 12.0. The normalized spacial score (nSPS) is 11.7. The molecule has 0 aromatic heterocycles. The third-order valence-corrected chi connectivity index (χ3v) is 8.24. The maximum Gasteiger partial charge on any atom is 0.407 e. The quantitative estimate of drug-likeness (QED) is 0.0625. The average Bonchev–Trinajstić information content (AvgIpc) is 3.00. The zero-order chi connectivity index (χ0) is 32.4. The lowest BCUT2D eigenvalue weighted by Crippen LogP contribution is -2.41. The van der Waals surface area contributed by atoms with Crippen LogP contribution >= 0.6 is 0 Å². The van der Waals surface area contributed by atoms with Crippen molar-refractivity contribution in [1.82, 2.24) is 10.6 Å². The number of rotatable bonds is 33. The third-order valence-electron chi connectivity index (χ3n) is 8.24. The molecule has 0 aromatic carbocycles. The highest BCUT2D eigenvalue weighted by atomic mass is 16.6. The molecule has 0 heterocycles. The van der Waals surface area contributed by atoms with Crippen molar-refractivity contribution in [3.05, 3.63) is 0 Å². The fourth-order valence-corrected chi connectivity index (χ4v) is 5.37. The van der Waals surface area contributed by atoms with E-state index in [2.05, 4.69) is 24.5 Å². The highest BCUT2D eigenvalue weighted by molar-refractivity contribution is 5.79. The van der Waals surface area contributed by atoms with E-state index in [1.807, 2.05) is 0 Å². The summed E-state index contributed by atoms with van der Waals surface area (Å²) in [6.07, 6.45) is 30.3. The van der Waals surface area contributed by atoms with Crippen molar-refractivity contribution < 1.29 is 29.0 Å². The molecule has 0 rings (SSSR count). The summed E-state index contributed by atoms with van der Waals surface area (Å²) < 4.78 is 10.4. The molecule has 3 N–H and O–H groups in total. The summed E-state index contributed by atoms with van der Waals surface area (Å²) in [6.45, 7) is 5.64. The lowest BCUT2D eigenvalue weighted by molar-refractivity contribution is -0.139. The Labute approximate surface area is 270 Å². The molecule has 44 heavy (non-hydrogen) atoms. The van der Waals surface area contributed by atoms with Gasteiger partial charge in [0, 0.05) is 6.54 Å². The number of nitrogens with one attached hydrogen (secondary N) is 2. The molecular weight excluding hydrogens is 556 g/mol. The van der Waals surface area contributed by atoms with E-state index >= 15 is 0 Å². The number of alkyl carbamates (subject to hydrolysis) is 2. The standard InChI is InChI=1S/C36H70N2O6/c1-3-5-7-9-11-13-15-17-19-21-23-27-31-43-35(41)37-30-26-25-29-33(34(39)40)38-36(42)44-32-28-24-22-20-18-16-14-12-10-8-6-4-2/h33H,3-32H2,1-2H3,(H,37,41)(H,38,42)(H,39,40). The van der Waals surface area contributed by atoms with E-state index in [1.165, 1.54) is 122 Å². The third kappa shape index (κ3) is 31.4. The largest absolute Gasteiger partial charge is 0.480 e. The van der Waals surface area contributed by atoms with Crippen LogP contribution in [0.5, 0.6) is 0 Å². The molecule has 2 amide bonds. The van der Waals surface area contributed by atoms with Gasteiger partial charge in [0.25, 0.3) is 0 Å². The number of carboxylic acid groups (broad SMARTS) is 1. The maximum atomic E-state index is 12.0. The molecular formula is C36H70N2O6. The van der Waals surface area contributed by atoms with Crippen LogP contribution in [0.25, 0.3) is 0 Å². The van der Waals surface area contributed by atoms with Crippen molar-refractivity contribution in [2.45, 2.75) is 193 Å². The Bertz CT molecular complexity index is 661. The summed E-state index contributed by atoms with van der Waals surface area (Å²) in [5.41, 5.74) is 0. The van der Waals surface area contributed by atoms with Crippen molar-refractivity contribution in [2.75, 3.05) is 19.8 Å². The monoisotopic (exact) mass is 627 g/mol. The Balaban J connectivity index is 3.60. The summed E-state index contributed by atoms with van der Waals surface area (Å²) in [5.74, 6) is -1.08. The Hall–Kier alpha value is -1.99. The summed E-state index contributed by atoms with van der Waals surface area (Å²) >= 11 is 0. The van der Waals surface area contributed by atoms with E-state index in [-0.39, 0.29) is 6.42 Å². The average molecular weight is 627 g/mol. The summed E-state index contributed by atoms with van der Waals surface area (Å²) in [6, 6.07) is -0.998. The zero-order valence-corrected chi connectivity index (χ0v) is 28.8. The predicted molar refractivity (Wildman–Crippen MR) is 181 cm³/mol. The molecule has 1 unspecified atom stereocenters. The van der Waals surface area contributed by atoms with Crippen molar-refractivity contribution >= 4 is 18.2 Å². The van der Waals surface area contributed by atoms with Gasteiger partial charge in [-0.3, -0.25) is 0 Å². The molecule has 0 saturated heterocycles. The van der Waals surface area contributed by atoms with E-state index < -0.39 is 24.2 Å². The van der Waals surface area contributed by atoms with Crippen LogP contribution in [0.4, 0.5) is 9.59 Å². The molecule has 8 heteroatoms. The molecule has 0 aliphatic heterocycles. The smallest absolute Gasteiger partial charge is 0.407 e. The summed E-state index contributed by atoms with van der Waals surface area (Å²) in [7, 11) is 0. The Morgan fingerprint density at radius 2 is 0.864 bits per heavy atom. The number of amides is 2. The Morgan fingerprint density at radius 1 is 0.500 bits per heavy atom. The van der Waals surface area contributed by atoms with Gasteiger partial charge in [0.2, 0.25) is 0 Å². The fourth-order valence-electron chi connectivity index (χ4n) is 5.37. The van der Waals surface area contributed by atoms with Crippen LogP contribution in [0.1, 0.15) is 187 Å². The SMILES string of the molecule is CCCCCCCCCCCCCCOC(=O)NCCCCC(NC(=O)OCCCCCCCCCCCCCC)C(=O)O. The van der Waals surface area contributed by atoms with E-state index in [4.69, 9.17) is 9.47 Å². The molecule has 0 aromatic rings. The van der Waals surface area contributed by atoms with Gasteiger partial charge in [0.1, 0.15) is 6.04 Å². The minimum absolute atomic E-state index is 0.276. The minimum Gasteiger partial charge on any atom is -0.480 e. The Kier molecular flexibility index (Phi) is 32.4. The van der Waals surface area contributed by atoms with Crippen LogP contribution in [0, 0.1) is 0 Å². The summed E-state index contributed by atoms with van der Waals surface area (Å²) in [4.78, 5) is 35.4. The lowest BCUT2D eigenvalue weighted by Gasteiger charge is -2.14. The first kappa shape index (κ1) is 42.0. The molecule has 0 saturated carbocycles. The van der Waals surface area contributed by atoms with Crippen LogP contribution in [0.2, 0.25) is 0 Å². The highest BCUT2D eigenvalue weighted by Crippen LogP contribution is 2.13. The zero-order valence-electron chi connectivity index (χ0n) is 28.8. The van der Waals surface area contributed by atoms with Crippen LogP contribution in [-0.2, 0) is 14.3 Å². The second-order valence-corrected chi connectivity index (χ2v) is 12.5.